The van der Waals surface area contributed by atoms with Gasteiger partial charge >= 0.3 is 0 Å². The second-order valence-corrected chi connectivity index (χ2v) is 8.70. The minimum atomic E-state index is -3.34. The third-order valence-electron chi connectivity index (χ3n) is 4.48. The topological polar surface area (TPSA) is 84.9 Å². The normalized spacial score (nSPS) is 15.8. The van der Waals surface area contributed by atoms with Gasteiger partial charge in [-0.3, -0.25) is 9.10 Å². The molecule has 0 spiro atoms. The van der Waals surface area contributed by atoms with Crippen LogP contribution in [-0.4, -0.2) is 40.8 Å². The van der Waals surface area contributed by atoms with E-state index in [0.717, 1.165) is 6.42 Å². The molecule has 9 heteroatoms. The maximum Gasteiger partial charge on any atom is 0.257 e. The first kappa shape index (κ1) is 20.3. The van der Waals surface area contributed by atoms with E-state index >= 15 is 0 Å². The molecule has 0 unspecified atom stereocenters. The molecule has 2 aromatic carbocycles. The van der Waals surface area contributed by atoms with Gasteiger partial charge in [0.2, 0.25) is 10.0 Å². The second-order valence-electron chi connectivity index (χ2n) is 6.28. The maximum absolute atomic E-state index is 12.6. The van der Waals surface area contributed by atoms with Gasteiger partial charge in [-0.2, -0.15) is 0 Å². The van der Waals surface area contributed by atoms with Crippen LogP contribution in [0, 0.1) is 0 Å². The Balaban J connectivity index is 1.81. The average molecular weight is 425 g/mol. The molecule has 1 aliphatic rings. The molecule has 150 valence electrons. The Kier molecular flexibility index (Phi) is 6.00. The molecule has 1 saturated heterocycles. The van der Waals surface area contributed by atoms with Crippen LogP contribution < -0.4 is 19.1 Å². The van der Waals surface area contributed by atoms with Crippen molar-refractivity contribution in [2.75, 3.05) is 36.1 Å². The summed E-state index contributed by atoms with van der Waals surface area (Å²) in [5, 5.41) is 2.93. The first-order valence-corrected chi connectivity index (χ1v) is 10.7. The number of hydrogen-bond acceptors (Lipinski definition) is 5. The van der Waals surface area contributed by atoms with Gasteiger partial charge in [0.15, 0.2) is 11.5 Å². The van der Waals surface area contributed by atoms with Gasteiger partial charge < -0.3 is 14.8 Å². The SMILES string of the molecule is COc1ccc(NC(=O)c2ccc(N3CCCCS3(=O)=O)cc2Cl)cc1OC. The van der Waals surface area contributed by atoms with E-state index in [9.17, 15) is 13.2 Å². The molecule has 0 radical (unpaired) electrons. The van der Waals surface area contributed by atoms with Gasteiger partial charge in [-0.15, -0.1) is 0 Å². The number of nitrogens with one attached hydrogen (secondary N) is 1. The van der Waals surface area contributed by atoms with Gasteiger partial charge in [-0.05, 0) is 43.2 Å². The minimum absolute atomic E-state index is 0.117. The molecule has 3 rings (SSSR count). The quantitative estimate of drug-likeness (QED) is 0.793. The predicted octanol–water partition coefficient (Wildman–Crippen LogP) is 3.54. The number of sulfonamides is 1. The Hall–Kier alpha value is -2.45. The van der Waals surface area contributed by atoms with Crippen LogP contribution in [0.4, 0.5) is 11.4 Å². The van der Waals surface area contributed by atoms with Crippen molar-refractivity contribution in [1.82, 2.24) is 0 Å². The van der Waals surface area contributed by atoms with Crippen molar-refractivity contribution in [3.8, 4) is 11.5 Å². The van der Waals surface area contributed by atoms with E-state index in [1.807, 2.05) is 0 Å². The lowest BCUT2D eigenvalue weighted by Crippen LogP contribution is -2.37. The molecule has 2 aromatic rings. The zero-order valence-corrected chi connectivity index (χ0v) is 17.1. The van der Waals surface area contributed by atoms with Crippen molar-refractivity contribution in [3.63, 3.8) is 0 Å². The number of anilines is 2. The molecule has 0 aromatic heterocycles. The lowest BCUT2D eigenvalue weighted by molar-refractivity contribution is 0.102. The number of halogens is 1. The van der Waals surface area contributed by atoms with Crippen LogP contribution >= 0.6 is 11.6 Å². The van der Waals surface area contributed by atoms with Crippen LogP contribution in [-0.2, 0) is 10.0 Å². The lowest BCUT2D eigenvalue weighted by Gasteiger charge is -2.28. The van der Waals surface area contributed by atoms with Gasteiger partial charge in [0.25, 0.3) is 5.91 Å². The highest BCUT2D eigenvalue weighted by Gasteiger charge is 2.26. The van der Waals surface area contributed by atoms with Crippen molar-refractivity contribution >= 4 is 38.9 Å². The first-order valence-electron chi connectivity index (χ1n) is 8.69. The zero-order chi connectivity index (χ0) is 20.3. The molecule has 0 bridgehead atoms. The maximum atomic E-state index is 12.6. The van der Waals surface area contributed by atoms with Crippen molar-refractivity contribution in [1.29, 1.82) is 0 Å². The molecule has 0 aliphatic carbocycles. The second kappa shape index (κ2) is 8.28. The summed E-state index contributed by atoms with van der Waals surface area (Å²) in [5.41, 5.74) is 1.23. The van der Waals surface area contributed by atoms with Gasteiger partial charge in [0.05, 0.1) is 36.2 Å². The number of nitrogens with zero attached hydrogens (tertiary/aromatic N) is 1. The van der Waals surface area contributed by atoms with E-state index < -0.39 is 15.9 Å². The molecule has 28 heavy (non-hydrogen) atoms. The van der Waals surface area contributed by atoms with E-state index in [2.05, 4.69) is 5.32 Å². The number of benzene rings is 2. The molecule has 1 aliphatic heterocycles. The molecule has 1 heterocycles. The molecule has 1 amide bonds. The van der Waals surface area contributed by atoms with E-state index in [0.29, 0.717) is 35.8 Å². The Bertz CT molecular complexity index is 994. The van der Waals surface area contributed by atoms with Crippen LogP contribution in [0.25, 0.3) is 0 Å². The van der Waals surface area contributed by atoms with Crippen LogP contribution in [0.2, 0.25) is 5.02 Å². The first-order chi connectivity index (χ1) is 13.4. The van der Waals surface area contributed by atoms with E-state index in [-0.39, 0.29) is 16.3 Å². The number of methoxy groups -OCH3 is 2. The van der Waals surface area contributed by atoms with Gasteiger partial charge in [0.1, 0.15) is 0 Å². The van der Waals surface area contributed by atoms with E-state index in [4.69, 9.17) is 21.1 Å². The summed E-state index contributed by atoms with van der Waals surface area (Å²) in [6.07, 6.45) is 1.44. The molecule has 1 fully saturated rings. The van der Waals surface area contributed by atoms with E-state index in [1.54, 1.807) is 24.3 Å². The Morgan fingerprint density at radius 3 is 2.46 bits per heavy atom. The monoisotopic (exact) mass is 424 g/mol. The minimum Gasteiger partial charge on any atom is -0.493 e. The number of ether oxygens (including phenoxy) is 2. The Labute approximate surface area is 169 Å². The summed E-state index contributed by atoms with van der Waals surface area (Å²) >= 11 is 6.28. The molecule has 7 nitrogen and oxygen atoms in total. The molecule has 1 N–H and O–H groups in total. The van der Waals surface area contributed by atoms with Crippen molar-refractivity contribution in [3.05, 3.63) is 47.0 Å². The molecule has 0 saturated carbocycles. The average Bonchev–Trinajstić information content (AvgIpc) is 2.67. The Morgan fingerprint density at radius 2 is 1.82 bits per heavy atom. The summed E-state index contributed by atoms with van der Waals surface area (Å²) in [7, 11) is -0.306. The van der Waals surface area contributed by atoms with Gasteiger partial charge in [-0.25, -0.2) is 8.42 Å². The fourth-order valence-corrected chi connectivity index (χ4v) is 4.93. The van der Waals surface area contributed by atoms with E-state index in [1.165, 1.54) is 30.7 Å². The zero-order valence-electron chi connectivity index (χ0n) is 15.6. The molecule has 0 atom stereocenters. The number of carbonyl (C=O) groups is 1. The number of hydrogen-bond donors (Lipinski definition) is 1. The van der Waals surface area contributed by atoms with Crippen LogP contribution in [0.5, 0.6) is 11.5 Å². The summed E-state index contributed by atoms with van der Waals surface area (Å²) < 4.78 is 36.2. The fraction of sp³-hybridized carbons (Fsp3) is 0.316. The highest BCUT2D eigenvalue weighted by atomic mass is 35.5. The summed E-state index contributed by atoms with van der Waals surface area (Å²) in [5.74, 6) is 0.736. The van der Waals surface area contributed by atoms with Crippen molar-refractivity contribution in [2.45, 2.75) is 12.8 Å². The molecular formula is C19H21ClN2O5S. The lowest BCUT2D eigenvalue weighted by atomic mass is 10.1. The van der Waals surface area contributed by atoms with Crippen LogP contribution in [0.15, 0.2) is 36.4 Å². The van der Waals surface area contributed by atoms with Crippen molar-refractivity contribution in [2.24, 2.45) is 0 Å². The Morgan fingerprint density at radius 1 is 1.07 bits per heavy atom. The highest BCUT2D eigenvalue weighted by molar-refractivity contribution is 7.92. The van der Waals surface area contributed by atoms with Crippen molar-refractivity contribution < 1.29 is 22.7 Å². The van der Waals surface area contributed by atoms with Gasteiger partial charge in [-0.1, -0.05) is 11.6 Å². The smallest absolute Gasteiger partial charge is 0.257 e. The highest BCUT2D eigenvalue weighted by Crippen LogP contribution is 2.31. The molecular weight excluding hydrogens is 404 g/mol. The number of rotatable bonds is 5. The summed E-state index contributed by atoms with van der Waals surface area (Å²) in [6, 6.07) is 9.63. The summed E-state index contributed by atoms with van der Waals surface area (Å²) in [4.78, 5) is 12.6. The number of amides is 1. The standard InChI is InChI=1S/C19H21ClN2O5S/c1-26-17-8-5-13(11-18(17)27-2)21-19(23)15-7-6-14(12-16(15)20)22-9-3-4-10-28(22,24)25/h5-8,11-12H,3-4,9-10H2,1-2H3,(H,21,23). The summed E-state index contributed by atoms with van der Waals surface area (Å²) in [6.45, 7) is 0.413. The van der Waals surface area contributed by atoms with Crippen LogP contribution in [0.3, 0.4) is 0 Å². The predicted molar refractivity (Wildman–Crippen MR) is 109 cm³/mol. The number of carbonyl (C=O) groups excluding carboxylic acids is 1. The van der Waals surface area contributed by atoms with Crippen LogP contribution in [0.1, 0.15) is 23.2 Å². The third-order valence-corrected chi connectivity index (χ3v) is 6.66. The third kappa shape index (κ3) is 4.18. The van der Waals surface area contributed by atoms with Gasteiger partial charge in [0, 0.05) is 18.3 Å². The fourth-order valence-electron chi connectivity index (χ4n) is 3.03. The largest absolute Gasteiger partial charge is 0.493 e.